The highest BCUT2D eigenvalue weighted by Gasteiger charge is 2.21. The molecule has 0 amide bonds. The molecule has 0 radical (unpaired) electrons. The molecule has 0 bridgehead atoms. The van der Waals surface area contributed by atoms with E-state index in [9.17, 15) is 4.79 Å². The van der Waals surface area contributed by atoms with Crippen molar-refractivity contribution in [1.29, 1.82) is 0 Å². The Morgan fingerprint density at radius 3 is 2.71 bits per heavy atom. The third kappa shape index (κ3) is 4.48. The van der Waals surface area contributed by atoms with Gasteiger partial charge in [0.25, 0.3) is 0 Å². The first-order chi connectivity index (χ1) is 13.5. The molecule has 6 nitrogen and oxygen atoms in total. The van der Waals surface area contributed by atoms with Gasteiger partial charge in [0, 0.05) is 12.5 Å². The van der Waals surface area contributed by atoms with Crippen LogP contribution < -0.4 is 9.47 Å². The van der Waals surface area contributed by atoms with E-state index in [1.54, 1.807) is 33.3 Å². The van der Waals surface area contributed by atoms with Crippen molar-refractivity contribution in [3.63, 3.8) is 0 Å². The molecule has 2 aromatic carbocycles. The number of hydrogen-bond acceptors (Lipinski definition) is 6. The Kier molecular flexibility index (Phi) is 6.59. The maximum Gasteiger partial charge on any atom is 0.342 e. The Hall–Kier alpha value is -2.51. The highest BCUT2D eigenvalue weighted by molar-refractivity contribution is 9.10. The number of rotatable bonds is 8. The Bertz CT molecular complexity index is 978. The minimum Gasteiger partial charge on any atom is -0.497 e. The fourth-order valence-electron chi connectivity index (χ4n) is 2.80. The highest BCUT2D eigenvalue weighted by atomic mass is 79.9. The molecule has 0 aliphatic carbocycles. The molecule has 3 rings (SSSR count). The van der Waals surface area contributed by atoms with Crippen LogP contribution in [0.2, 0.25) is 0 Å². The molecule has 1 heterocycles. The molecule has 0 atom stereocenters. The molecule has 0 spiro atoms. The van der Waals surface area contributed by atoms with E-state index in [1.807, 2.05) is 24.3 Å². The van der Waals surface area contributed by atoms with Gasteiger partial charge in [-0.15, -0.1) is 0 Å². The summed E-state index contributed by atoms with van der Waals surface area (Å²) in [6.07, 6.45) is 0. The Morgan fingerprint density at radius 1 is 1.14 bits per heavy atom. The number of ether oxygens (including phenoxy) is 4. The minimum atomic E-state index is -0.450. The van der Waals surface area contributed by atoms with Crippen LogP contribution in [0.5, 0.6) is 11.5 Å². The molecular formula is C21H21BrO6. The van der Waals surface area contributed by atoms with E-state index in [4.69, 9.17) is 23.4 Å². The number of halogens is 1. The molecule has 0 fully saturated rings. The minimum absolute atomic E-state index is 0.178. The fraction of sp³-hybridized carbons (Fsp3) is 0.286. The average molecular weight is 449 g/mol. The molecule has 0 aliphatic rings. The van der Waals surface area contributed by atoms with E-state index in [1.165, 1.54) is 0 Å². The summed E-state index contributed by atoms with van der Waals surface area (Å²) in [6.45, 7) is 2.60. The number of hydrogen-bond donors (Lipinski definition) is 0. The number of furan rings is 1. The monoisotopic (exact) mass is 448 g/mol. The van der Waals surface area contributed by atoms with Gasteiger partial charge in [-0.1, -0.05) is 12.1 Å². The molecule has 0 unspecified atom stereocenters. The van der Waals surface area contributed by atoms with E-state index < -0.39 is 5.97 Å². The molecule has 0 aliphatic heterocycles. The molecular weight excluding hydrogens is 428 g/mol. The second-order valence-electron chi connectivity index (χ2n) is 6.08. The number of carbonyl (C=O) groups excluding carboxylic acids is 1. The van der Waals surface area contributed by atoms with Gasteiger partial charge in [-0.3, -0.25) is 0 Å². The van der Waals surface area contributed by atoms with Gasteiger partial charge >= 0.3 is 5.97 Å². The van der Waals surface area contributed by atoms with Gasteiger partial charge in [0.1, 0.15) is 41.6 Å². The topological polar surface area (TPSA) is 67.1 Å². The van der Waals surface area contributed by atoms with E-state index in [2.05, 4.69) is 15.9 Å². The predicted molar refractivity (Wildman–Crippen MR) is 108 cm³/mol. The van der Waals surface area contributed by atoms with Crippen LogP contribution in [-0.2, 0) is 16.1 Å². The van der Waals surface area contributed by atoms with Crippen molar-refractivity contribution in [2.45, 2.75) is 13.5 Å². The Morgan fingerprint density at radius 2 is 1.96 bits per heavy atom. The molecule has 1 aromatic heterocycles. The number of methoxy groups -OCH3 is 2. The maximum absolute atomic E-state index is 12.5. The van der Waals surface area contributed by atoms with Crippen molar-refractivity contribution >= 4 is 32.9 Å². The summed E-state index contributed by atoms with van der Waals surface area (Å²) in [6, 6.07) is 11.2. The van der Waals surface area contributed by atoms with Gasteiger partial charge in [0.15, 0.2) is 0 Å². The van der Waals surface area contributed by atoms with Crippen LogP contribution >= 0.6 is 15.9 Å². The zero-order valence-electron chi connectivity index (χ0n) is 15.9. The average Bonchev–Trinajstić information content (AvgIpc) is 3.01. The lowest BCUT2D eigenvalue weighted by Gasteiger charge is -2.10. The van der Waals surface area contributed by atoms with Crippen molar-refractivity contribution in [3.8, 4) is 11.5 Å². The first kappa shape index (κ1) is 20.2. The van der Waals surface area contributed by atoms with Crippen LogP contribution in [0.15, 0.2) is 45.3 Å². The van der Waals surface area contributed by atoms with Crippen LogP contribution in [0.1, 0.15) is 21.7 Å². The number of carbonyl (C=O) groups is 1. The maximum atomic E-state index is 12.5. The molecule has 0 saturated carbocycles. The smallest absolute Gasteiger partial charge is 0.342 e. The van der Waals surface area contributed by atoms with Crippen molar-refractivity contribution in [2.24, 2.45) is 0 Å². The second kappa shape index (κ2) is 9.12. The molecule has 0 N–H and O–H groups in total. The molecule has 28 heavy (non-hydrogen) atoms. The summed E-state index contributed by atoms with van der Waals surface area (Å²) in [5.74, 6) is 1.41. The highest BCUT2D eigenvalue weighted by Crippen LogP contribution is 2.35. The van der Waals surface area contributed by atoms with Gasteiger partial charge in [0.05, 0.1) is 18.2 Å². The van der Waals surface area contributed by atoms with Crippen LogP contribution in [0.4, 0.5) is 0 Å². The lowest BCUT2D eigenvalue weighted by molar-refractivity contribution is 0.0388. The first-order valence-electron chi connectivity index (χ1n) is 8.68. The van der Waals surface area contributed by atoms with Crippen molar-refractivity contribution in [2.75, 3.05) is 27.4 Å². The fourth-order valence-corrected chi connectivity index (χ4v) is 3.23. The van der Waals surface area contributed by atoms with E-state index in [-0.39, 0.29) is 6.61 Å². The van der Waals surface area contributed by atoms with Crippen molar-refractivity contribution in [1.82, 2.24) is 0 Å². The largest absolute Gasteiger partial charge is 0.497 e. The number of aryl methyl sites for hydroxylation is 1. The lowest BCUT2D eigenvalue weighted by atomic mass is 10.1. The number of benzene rings is 2. The number of fused-ring (bicyclic) bond motifs is 1. The van der Waals surface area contributed by atoms with Crippen LogP contribution in [0.25, 0.3) is 11.0 Å². The van der Waals surface area contributed by atoms with Gasteiger partial charge in [0.2, 0.25) is 0 Å². The second-order valence-corrected chi connectivity index (χ2v) is 6.94. The normalized spacial score (nSPS) is 10.9. The zero-order chi connectivity index (χ0) is 20.1. The summed E-state index contributed by atoms with van der Waals surface area (Å²) in [4.78, 5) is 12.5. The van der Waals surface area contributed by atoms with Crippen LogP contribution in [-0.4, -0.2) is 33.4 Å². The molecule has 148 valence electrons. The SMILES string of the molecule is COCCOC(=O)c1c(C)oc2cc(Br)c(OCc3cccc(OC)c3)cc12. The summed E-state index contributed by atoms with van der Waals surface area (Å²) in [5.41, 5.74) is 1.94. The Labute approximate surface area is 171 Å². The van der Waals surface area contributed by atoms with Crippen LogP contribution in [0, 0.1) is 6.92 Å². The summed E-state index contributed by atoms with van der Waals surface area (Å²) < 4.78 is 27.8. The van der Waals surface area contributed by atoms with Crippen molar-refractivity contribution < 1.29 is 28.2 Å². The summed E-state index contributed by atoms with van der Waals surface area (Å²) in [7, 11) is 3.18. The Balaban J connectivity index is 1.85. The van der Waals surface area contributed by atoms with Crippen molar-refractivity contribution in [3.05, 3.63) is 57.8 Å². The number of esters is 1. The van der Waals surface area contributed by atoms with Crippen LogP contribution in [0.3, 0.4) is 0 Å². The molecule has 0 saturated heterocycles. The van der Waals surface area contributed by atoms with E-state index in [0.29, 0.717) is 41.3 Å². The molecule has 3 aromatic rings. The zero-order valence-corrected chi connectivity index (χ0v) is 17.5. The van der Waals surface area contributed by atoms with E-state index in [0.717, 1.165) is 15.8 Å². The van der Waals surface area contributed by atoms with Gasteiger partial charge in [-0.25, -0.2) is 4.79 Å². The lowest BCUT2D eigenvalue weighted by Crippen LogP contribution is -2.10. The van der Waals surface area contributed by atoms with Gasteiger partial charge in [-0.2, -0.15) is 0 Å². The third-order valence-electron chi connectivity index (χ3n) is 4.17. The third-order valence-corrected chi connectivity index (χ3v) is 4.79. The van der Waals surface area contributed by atoms with E-state index >= 15 is 0 Å². The molecule has 7 heteroatoms. The van der Waals surface area contributed by atoms with Gasteiger partial charge in [-0.05, 0) is 52.7 Å². The predicted octanol–water partition coefficient (Wildman–Crippen LogP) is 4.89. The van der Waals surface area contributed by atoms with Gasteiger partial charge < -0.3 is 23.4 Å². The summed E-state index contributed by atoms with van der Waals surface area (Å²) >= 11 is 3.50. The first-order valence-corrected chi connectivity index (χ1v) is 9.47. The summed E-state index contributed by atoms with van der Waals surface area (Å²) in [5, 5.41) is 0.642. The quantitative estimate of drug-likeness (QED) is 0.360. The standard InChI is InChI=1S/C21H21BrO6/c1-13-20(21(23)26-8-7-24-2)16-10-19(17(22)11-18(16)28-13)27-12-14-5-4-6-15(9-14)25-3/h4-6,9-11H,7-8,12H2,1-3H3.